The van der Waals surface area contributed by atoms with E-state index in [4.69, 9.17) is 4.42 Å². The van der Waals surface area contributed by atoms with Crippen LogP contribution < -0.4 is 0 Å². The van der Waals surface area contributed by atoms with Crippen LogP contribution in [0.4, 0.5) is 0 Å². The Morgan fingerprint density at radius 3 is 2.14 bits per heavy atom. The van der Waals surface area contributed by atoms with Crippen LogP contribution in [-0.4, -0.2) is 0 Å². The van der Waals surface area contributed by atoms with Crippen LogP contribution in [0, 0.1) is 0 Å². The molecular weight excluding hydrogens is 172 g/mol. The molecule has 0 fully saturated rings. The van der Waals surface area contributed by atoms with E-state index in [1.54, 1.807) is 0 Å². The zero-order chi connectivity index (χ0) is 11.0. The second kappa shape index (κ2) is 3.45. The van der Waals surface area contributed by atoms with Crippen molar-refractivity contribution < 1.29 is 4.42 Å². The molecule has 1 heterocycles. The van der Waals surface area contributed by atoms with E-state index in [-0.39, 0.29) is 10.8 Å². The van der Waals surface area contributed by atoms with Crippen molar-refractivity contribution in [2.75, 3.05) is 0 Å². The molecule has 1 aromatic heterocycles. The Morgan fingerprint density at radius 1 is 1.14 bits per heavy atom. The highest BCUT2D eigenvalue weighted by atomic mass is 16.3. The van der Waals surface area contributed by atoms with Crippen molar-refractivity contribution in [2.45, 2.75) is 58.8 Å². The van der Waals surface area contributed by atoms with Crippen LogP contribution in [0.25, 0.3) is 0 Å². The smallest absolute Gasteiger partial charge is 0.112 e. The Balaban J connectivity index is 3.18. The highest BCUT2D eigenvalue weighted by Gasteiger charge is 2.29. The Bertz CT molecular complexity index is 299. The summed E-state index contributed by atoms with van der Waals surface area (Å²) in [6.07, 6.45) is 2.95. The van der Waals surface area contributed by atoms with E-state index in [2.05, 4.69) is 47.6 Å². The van der Waals surface area contributed by atoms with Gasteiger partial charge in [0, 0.05) is 5.41 Å². The van der Waals surface area contributed by atoms with E-state index in [1.807, 2.05) is 6.26 Å². The van der Waals surface area contributed by atoms with Crippen LogP contribution in [-0.2, 0) is 10.8 Å². The maximum atomic E-state index is 5.62. The fourth-order valence-electron chi connectivity index (χ4n) is 1.61. The molecule has 0 saturated heterocycles. The molecule has 1 heteroatoms. The summed E-state index contributed by atoms with van der Waals surface area (Å²) < 4.78 is 5.62. The van der Waals surface area contributed by atoms with E-state index >= 15 is 0 Å². The maximum absolute atomic E-state index is 5.62. The first-order valence-electron chi connectivity index (χ1n) is 5.37. The summed E-state index contributed by atoms with van der Waals surface area (Å²) in [5.74, 6) is 1.13. The van der Waals surface area contributed by atoms with Crippen LogP contribution in [0.15, 0.2) is 16.7 Å². The molecule has 1 nitrogen and oxygen atoms in total. The molecular formula is C13H22O. The first-order valence-corrected chi connectivity index (χ1v) is 5.37. The van der Waals surface area contributed by atoms with Crippen LogP contribution >= 0.6 is 0 Å². The first kappa shape index (κ1) is 11.4. The molecule has 0 bridgehead atoms. The highest BCUT2D eigenvalue weighted by Crippen LogP contribution is 2.36. The molecule has 0 spiro atoms. The van der Waals surface area contributed by atoms with Crippen molar-refractivity contribution in [3.63, 3.8) is 0 Å². The summed E-state index contributed by atoms with van der Waals surface area (Å²) in [6.45, 7) is 13.4. The molecule has 0 amide bonds. The second-order valence-corrected chi connectivity index (χ2v) is 5.65. The number of furan rings is 1. The predicted molar refractivity (Wildman–Crippen MR) is 60.7 cm³/mol. The van der Waals surface area contributed by atoms with Gasteiger partial charge in [0.05, 0.1) is 6.26 Å². The number of hydrogen-bond acceptors (Lipinski definition) is 1. The normalized spacial score (nSPS) is 13.3. The minimum absolute atomic E-state index is 0.102. The van der Waals surface area contributed by atoms with E-state index in [0.717, 1.165) is 12.2 Å². The number of hydrogen-bond donors (Lipinski definition) is 0. The Morgan fingerprint density at radius 2 is 1.71 bits per heavy atom. The minimum atomic E-state index is 0.102. The fraction of sp³-hybridized carbons (Fsp3) is 0.692. The van der Waals surface area contributed by atoms with E-state index in [1.165, 1.54) is 5.56 Å². The van der Waals surface area contributed by atoms with E-state index < -0.39 is 0 Å². The van der Waals surface area contributed by atoms with Crippen LogP contribution in [0.2, 0.25) is 0 Å². The van der Waals surface area contributed by atoms with Gasteiger partial charge < -0.3 is 4.42 Å². The van der Waals surface area contributed by atoms with Crippen molar-refractivity contribution in [2.24, 2.45) is 0 Å². The second-order valence-electron chi connectivity index (χ2n) is 5.65. The summed E-state index contributed by atoms with van der Waals surface area (Å²) >= 11 is 0. The third-order valence-electron chi connectivity index (χ3n) is 2.96. The van der Waals surface area contributed by atoms with Crippen molar-refractivity contribution in [3.8, 4) is 0 Å². The van der Waals surface area contributed by atoms with Gasteiger partial charge in [-0.25, -0.2) is 0 Å². The summed E-state index contributed by atoms with van der Waals surface area (Å²) in [5.41, 5.74) is 1.67. The predicted octanol–water partition coefficient (Wildman–Crippen LogP) is 4.26. The average molecular weight is 194 g/mol. The average Bonchev–Trinajstić information content (AvgIpc) is 2.51. The third-order valence-corrected chi connectivity index (χ3v) is 2.96. The van der Waals surface area contributed by atoms with Gasteiger partial charge in [0.25, 0.3) is 0 Å². The zero-order valence-electron chi connectivity index (χ0n) is 10.3. The van der Waals surface area contributed by atoms with Crippen molar-refractivity contribution >= 4 is 0 Å². The van der Waals surface area contributed by atoms with Crippen molar-refractivity contribution in [1.29, 1.82) is 0 Å². The Hall–Kier alpha value is -0.720. The standard InChI is InChI=1S/C13H22O/c1-7-13(5,6)10-8-9-14-11(10)12(2,3)4/h8-9H,7H2,1-6H3. The third kappa shape index (κ3) is 2.02. The number of rotatable bonds is 2. The van der Waals surface area contributed by atoms with Gasteiger partial charge in [-0.15, -0.1) is 0 Å². The van der Waals surface area contributed by atoms with Gasteiger partial charge in [-0.2, -0.15) is 0 Å². The largest absolute Gasteiger partial charge is 0.468 e. The molecule has 0 radical (unpaired) electrons. The Kier molecular flexibility index (Phi) is 2.80. The van der Waals surface area contributed by atoms with Gasteiger partial charge >= 0.3 is 0 Å². The maximum Gasteiger partial charge on any atom is 0.112 e. The van der Waals surface area contributed by atoms with Gasteiger partial charge in [0.1, 0.15) is 5.76 Å². The zero-order valence-corrected chi connectivity index (χ0v) is 10.3. The molecule has 0 aliphatic heterocycles. The molecule has 80 valence electrons. The summed E-state index contributed by atoms with van der Waals surface area (Å²) in [4.78, 5) is 0. The molecule has 0 saturated carbocycles. The molecule has 14 heavy (non-hydrogen) atoms. The Labute approximate surface area is 87.5 Å². The molecule has 0 aliphatic carbocycles. The fourth-order valence-corrected chi connectivity index (χ4v) is 1.61. The van der Waals surface area contributed by atoms with Crippen molar-refractivity contribution in [3.05, 3.63) is 23.7 Å². The van der Waals surface area contributed by atoms with Crippen LogP contribution in [0.1, 0.15) is 59.3 Å². The van der Waals surface area contributed by atoms with Crippen molar-refractivity contribution in [1.82, 2.24) is 0 Å². The summed E-state index contributed by atoms with van der Waals surface area (Å²) in [6, 6.07) is 2.12. The summed E-state index contributed by atoms with van der Waals surface area (Å²) in [5, 5.41) is 0. The summed E-state index contributed by atoms with van der Waals surface area (Å²) in [7, 11) is 0. The molecule has 0 N–H and O–H groups in total. The topological polar surface area (TPSA) is 13.1 Å². The van der Waals surface area contributed by atoms with Gasteiger partial charge in [-0.3, -0.25) is 0 Å². The molecule has 0 atom stereocenters. The van der Waals surface area contributed by atoms with Crippen LogP contribution in [0.3, 0.4) is 0 Å². The highest BCUT2D eigenvalue weighted by molar-refractivity contribution is 5.30. The molecule has 0 aromatic carbocycles. The molecule has 1 rings (SSSR count). The van der Waals surface area contributed by atoms with E-state index in [0.29, 0.717) is 0 Å². The lowest BCUT2D eigenvalue weighted by molar-refractivity contribution is 0.384. The lowest BCUT2D eigenvalue weighted by Gasteiger charge is -2.27. The van der Waals surface area contributed by atoms with Gasteiger partial charge in [0.15, 0.2) is 0 Å². The van der Waals surface area contributed by atoms with Gasteiger partial charge in [0.2, 0.25) is 0 Å². The van der Waals surface area contributed by atoms with Crippen LogP contribution in [0.5, 0.6) is 0 Å². The van der Waals surface area contributed by atoms with E-state index in [9.17, 15) is 0 Å². The molecule has 0 aliphatic rings. The first-order chi connectivity index (χ1) is 6.29. The quantitative estimate of drug-likeness (QED) is 0.685. The monoisotopic (exact) mass is 194 g/mol. The van der Waals surface area contributed by atoms with Gasteiger partial charge in [-0.1, -0.05) is 41.5 Å². The molecule has 1 aromatic rings. The lowest BCUT2D eigenvalue weighted by atomic mass is 9.77. The minimum Gasteiger partial charge on any atom is -0.468 e. The lowest BCUT2D eigenvalue weighted by Crippen LogP contribution is -2.21. The van der Waals surface area contributed by atoms with Gasteiger partial charge in [-0.05, 0) is 23.5 Å². The SMILES string of the molecule is CCC(C)(C)c1ccoc1C(C)(C)C. The molecule has 0 unspecified atom stereocenters.